The lowest BCUT2D eigenvalue weighted by atomic mass is 10.0. The zero-order valence-electron chi connectivity index (χ0n) is 14.1. The summed E-state index contributed by atoms with van der Waals surface area (Å²) in [6.07, 6.45) is -0.970. The number of ether oxygens (including phenoxy) is 1. The maximum absolute atomic E-state index is 13.2. The molecule has 3 aromatic rings. The smallest absolute Gasteiger partial charge is 0.416 e. The van der Waals surface area contributed by atoms with Crippen molar-refractivity contribution >= 4 is 5.69 Å². The molecule has 7 heteroatoms. The van der Waals surface area contributed by atoms with Crippen molar-refractivity contribution in [2.75, 3.05) is 12.8 Å². The number of nitrogens with two attached hydrogens (primary N) is 1. The fourth-order valence-corrected chi connectivity index (χ4v) is 2.73. The first-order chi connectivity index (χ1) is 12.3. The lowest BCUT2D eigenvalue weighted by Crippen LogP contribution is -2.10. The number of rotatable bonds is 5. The molecule has 0 amide bonds. The molecule has 0 aliphatic carbocycles. The van der Waals surface area contributed by atoms with E-state index in [-0.39, 0.29) is 17.7 Å². The number of aromatic nitrogens is 2. The van der Waals surface area contributed by atoms with Crippen LogP contribution in [0.15, 0.2) is 54.9 Å². The maximum Gasteiger partial charge on any atom is 0.416 e. The van der Waals surface area contributed by atoms with Crippen LogP contribution >= 0.6 is 0 Å². The van der Waals surface area contributed by atoms with E-state index in [4.69, 9.17) is 10.5 Å². The summed E-state index contributed by atoms with van der Waals surface area (Å²) in [5.74, 6) is 0.762. The predicted octanol–water partition coefficient (Wildman–Crippen LogP) is 4.13. The van der Waals surface area contributed by atoms with Gasteiger partial charge in [0.2, 0.25) is 0 Å². The van der Waals surface area contributed by atoms with E-state index >= 15 is 0 Å². The minimum absolute atomic E-state index is 0.0938. The number of hydrogen-bond acceptors (Lipinski definition) is 3. The van der Waals surface area contributed by atoms with Crippen molar-refractivity contribution in [3.05, 3.63) is 77.1 Å². The topological polar surface area (TPSA) is 53.1 Å². The molecule has 3 rings (SSSR count). The van der Waals surface area contributed by atoms with Crippen LogP contribution in [0, 0.1) is 0 Å². The van der Waals surface area contributed by atoms with E-state index in [1.165, 1.54) is 12.1 Å². The molecule has 0 atom stereocenters. The van der Waals surface area contributed by atoms with E-state index < -0.39 is 11.7 Å². The molecule has 2 N–H and O–H groups in total. The van der Waals surface area contributed by atoms with Gasteiger partial charge in [-0.15, -0.1) is 0 Å². The Bertz CT molecular complexity index is 886. The van der Waals surface area contributed by atoms with Crippen LogP contribution in [0.3, 0.4) is 0 Å². The van der Waals surface area contributed by atoms with Crippen LogP contribution in [-0.4, -0.2) is 16.9 Å². The minimum Gasteiger partial charge on any atom is -0.497 e. The standard InChI is InChI=1S/C19H18F3N3O/c1-26-17-6-2-13(3-7-17)11-25-12-14(10-24-25)8-15-4-5-16(23)9-18(15)19(20,21)22/h2-7,9-10,12H,8,11,23H2,1H3. The van der Waals surface area contributed by atoms with E-state index in [1.807, 2.05) is 24.3 Å². The van der Waals surface area contributed by atoms with Crippen molar-refractivity contribution < 1.29 is 17.9 Å². The summed E-state index contributed by atoms with van der Waals surface area (Å²) in [4.78, 5) is 0. The lowest BCUT2D eigenvalue weighted by molar-refractivity contribution is -0.138. The van der Waals surface area contributed by atoms with E-state index in [2.05, 4.69) is 5.10 Å². The molecule has 0 bridgehead atoms. The average Bonchev–Trinajstić information content (AvgIpc) is 3.03. The first kappa shape index (κ1) is 17.8. The Balaban J connectivity index is 1.76. The van der Waals surface area contributed by atoms with Gasteiger partial charge in [0.25, 0.3) is 0 Å². The van der Waals surface area contributed by atoms with Crippen LogP contribution in [0.2, 0.25) is 0 Å². The Morgan fingerprint density at radius 2 is 1.81 bits per heavy atom. The Hall–Kier alpha value is -2.96. The second-order valence-corrected chi connectivity index (χ2v) is 5.99. The molecule has 0 aliphatic rings. The highest BCUT2D eigenvalue weighted by Crippen LogP contribution is 2.34. The third-order valence-corrected chi connectivity index (χ3v) is 4.02. The summed E-state index contributed by atoms with van der Waals surface area (Å²) in [6.45, 7) is 0.526. The molecule has 1 aromatic heterocycles. The second-order valence-electron chi connectivity index (χ2n) is 5.99. The molecule has 0 spiro atoms. The molecule has 26 heavy (non-hydrogen) atoms. The summed E-state index contributed by atoms with van der Waals surface area (Å²) < 4.78 is 46.4. The molecular weight excluding hydrogens is 343 g/mol. The summed E-state index contributed by atoms with van der Waals surface area (Å²) in [5.41, 5.74) is 6.79. The molecule has 0 radical (unpaired) electrons. The molecule has 2 aromatic carbocycles. The van der Waals surface area contributed by atoms with Crippen molar-refractivity contribution in [3.63, 3.8) is 0 Å². The summed E-state index contributed by atoms with van der Waals surface area (Å²) in [5, 5.41) is 4.24. The SMILES string of the molecule is COc1ccc(Cn2cc(Cc3ccc(N)cc3C(F)(F)F)cn2)cc1. The first-order valence-corrected chi connectivity index (χ1v) is 7.95. The molecule has 0 aliphatic heterocycles. The third kappa shape index (κ3) is 4.17. The van der Waals surface area contributed by atoms with Crippen LogP contribution in [0.25, 0.3) is 0 Å². The van der Waals surface area contributed by atoms with Crippen molar-refractivity contribution in [1.29, 1.82) is 0 Å². The highest BCUT2D eigenvalue weighted by Gasteiger charge is 2.33. The minimum atomic E-state index is -4.44. The van der Waals surface area contributed by atoms with E-state index in [0.717, 1.165) is 17.4 Å². The zero-order chi connectivity index (χ0) is 18.7. The monoisotopic (exact) mass is 361 g/mol. The van der Waals surface area contributed by atoms with Gasteiger partial charge in [-0.1, -0.05) is 18.2 Å². The number of halogens is 3. The van der Waals surface area contributed by atoms with Gasteiger partial charge in [0.15, 0.2) is 0 Å². The molecule has 136 valence electrons. The first-order valence-electron chi connectivity index (χ1n) is 7.95. The van der Waals surface area contributed by atoms with Crippen molar-refractivity contribution in [1.82, 2.24) is 9.78 Å². The van der Waals surface area contributed by atoms with Crippen molar-refractivity contribution in [3.8, 4) is 5.75 Å². The summed E-state index contributed by atoms with van der Waals surface area (Å²) in [7, 11) is 1.60. The number of benzene rings is 2. The summed E-state index contributed by atoms with van der Waals surface area (Å²) >= 11 is 0. The highest BCUT2D eigenvalue weighted by molar-refractivity contribution is 5.47. The van der Waals surface area contributed by atoms with Gasteiger partial charge in [-0.05, 0) is 41.0 Å². The maximum atomic E-state index is 13.2. The molecule has 1 heterocycles. The van der Waals surface area contributed by atoms with Gasteiger partial charge in [0, 0.05) is 18.3 Å². The third-order valence-electron chi connectivity index (χ3n) is 4.02. The van der Waals surface area contributed by atoms with Crippen molar-refractivity contribution in [2.24, 2.45) is 0 Å². The largest absolute Gasteiger partial charge is 0.497 e. The van der Waals surface area contributed by atoms with Crippen LogP contribution in [0.4, 0.5) is 18.9 Å². The van der Waals surface area contributed by atoms with E-state index in [1.54, 1.807) is 24.2 Å². The predicted molar refractivity (Wildman–Crippen MR) is 93.0 cm³/mol. The number of nitrogen functional groups attached to an aromatic ring is 1. The Morgan fingerprint density at radius 1 is 1.08 bits per heavy atom. The molecule has 0 saturated carbocycles. The van der Waals surface area contributed by atoms with Crippen molar-refractivity contribution in [2.45, 2.75) is 19.1 Å². The van der Waals surface area contributed by atoms with E-state index in [0.29, 0.717) is 12.1 Å². The molecule has 4 nitrogen and oxygen atoms in total. The molecule has 0 fully saturated rings. The van der Waals surface area contributed by atoms with Gasteiger partial charge < -0.3 is 10.5 Å². The number of hydrogen-bond donors (Lipinski definition) is 1. The number of anilines is 1. The van der Waals surface area contributed by atoms with Crippen LogP contribution in [0.1, 0.15) is 22.3 Å². The number of nitrogens with zero attached hydrogens (tertiary/aromatic N) is 2. The van der Waals surface area contributed by atoms with Crippen LogP contribution < -0.4 is 10.5 Å². The summed E-state index contributed by atoms with van der Waals surface area (Å²) in [6, 6.07) is 11.4. The van der Waals surface area contributed by atoms with Gasteiger partial charge in [-0.3, -0.25) is 4.68 Å². The van der Waals surface area contributed by atoms with Gasteiger partial charge in [-0.2, -0.15) is 18.3 Å². The average molecular weight is 361 g/mol. The Kier molecular flexibility index (Phi) is 4.88. The number of methoxy groups -OCH3 is 1. The normalized spacial score (nSPS) is 11.5. The quantitative estimate of drug-likeness (QED) is 0.695. The van der Waals surface area contributed by atoms with Gasteiger partial charge in [0.1, 0.15) is 5.75 Å². The second kappa shape index (κ2) is 7.11. The molecular formula is C19H18F3N3O. The van der Waals surface area contributed by atoms with Gasteiger partial charge in [-0.25, -0.2) is 0 Å². The van der Waals surface area contributed by atoms with E-state index in [9.17, 15) is 13.2 Å². The van der Waals surface area contributed by atoms with Crippen LogP contribution in [0.5, 0.6) is 5.75 Å². The van der Waals surface area contributed by atoms with Gasteiger partial charge >= 0.3 is 6.18 Å². The Morgan fingerprint density at radius 3 is 2.46 bits per heavy atom. The zero-order valence-corrected chi connectivity index (χ0v) is 14.1. The van der Waals surface area contributed by atoms with Crippen LogP contribution in [-0.2, 0) is 19.1 Å². The lowest BCUT2D eigenvalue weighted by Gasteiger charge is -2.13. The fraction of sp³-hybridized carbons (Fsp3) is 0.211. The fourth-order valence-electron chi connectivity index (χ4n) is 2.73. The highest BCUT2D eigenvalue weighted by atomic mass is 19.4. The molecule has 0 saturated heterocycles. The molecule has 0 unspecified atom stereocenters. The Labute approximate surface area is 149 Å². The van der Waals surface area contributed by atoms with Gasteiger partial charge in [0.05, 0.1) is 25.4 Å². The number of alkyl halides is 3.